The van der Waals surface area contributed by atoms with Gasteiger partial charge in [0, 0.05) is 18.3 Å². The zero-order valence-electron chi connectivity index (χ0n) is 7.03. The molecule has 0 saturated carbocycles. The molecule has 0 radical (unpaired) electrons. The van der Waals surface area contributed by atoms with Crippen molar-refractivity contribution in [2.45, 2.75) is 32.6 Å². The molecule has 0 fully saturated rings. The monoisotopic (exact) mass is 221 g/mol. The highest BCUT2D eigenvalue weighted by molar-refractivity contribution is 9.09. The zero-order valence-corrected chi connectivity index (χ0v) is 8.61. The molecule has 0 bridgehead atoms. The van der Waals surface area contributed by atoms with Gasteiger partial charge >= 0.3 is 0 Å². The van der Waals surface area contributed by atoms with Crippen LogP contribution < -0.4 is 5.32 Å². The largest absolute Gasteiger partial charge is 0.355 e. The van der Waals surface area contributed by atoms with Crippen molar-refractivity contribution in [3.8, 4) is 0 Å². The number of unbranched alkanes of at least 4 members (excludes halogenated alkanes) is 2. The third-order valence-electron chi connectivity index (χ3n) is 1.42. The molecule has 11 heavy (non-hydrogen) atoms. The molecule has 0 rings (SSSR count). The van der Waals surface area contributed by atoms with Gasteiger partial charge in [-0.05, 0) is 6.42 Å². The van der Waals surface area contributed by atoms with Crippen molar-refractivity contribution < 1.29 is 4.79 Å². The molecule has 0 aliphatic carbocycles. The lowest BCUT2D eigenvalue weighted by Crippen LogP contribution is -2.24. The number of rotatable bonds is 6. The summed E-state index contributed by atoms with van der Waals surface area (Å²) < 4.78 is 0. The van der Waals surface area contributed by atoms with Crippen molar-refractivity contribution in [1.82, 2.24) is 5.32 Å². The summed E-state index contributed by atoms with van der Waals surface area (Å²) in [4.78, 5) is 10.9. The van der Waals surface area contributed by atoms with Crippen LogP contribution in [0.25, 0.3) is 0 Å². The standard InChI is InChI=1S/C8H16BrNO/c1-2-3-4-5-8(11)10-7-6-9/h2-7H2,1H3,(H,10,11). The molecule has 1 N–H and O–H groups in total. The van der Waals surface area contributed by atoms with Crippen LogP contribution in [0.4, 0.5) is 0 Å². The Kier molecular flexibility index (Phi) is 8.01. The Balaban J connectivity index is 3.09. The fourth-order valence-electron chi connectivity index (χ4n) is 0.811. The van der Waals surface area contributed by atoms with Crippen LogP contribution in [0.1, 0.15) is 32.6 Å². The summed E-state index contributed by atoms with van der Waals surface area (Å²) in [6, 6.07) is 0. The second-order valence-corrected chi connectivity index (χ2v) is 3.29. The van der Waals surface area contributed by atoms with E-state index < -0.39 is 0 Å². The van der Waals surface area contributed by atoms with Gasteiger partial charge in [-0.3, -0.25) is 4.79 Å². The number of alkyl halides is 1. The lowest BCUT2D eigenvalue weighted by molar-refractivity contribution is -0.121. The van der Waals surface area contributed by atoms with Crippen molar-refractivity contribution in [2.75, 3.05) is 11.9 Å². The van der Waals surface area contributed by atoms with E-state index in [0.29, 0.717) is 6.42 Å². The highest BCUT2D eigenvalue weighted by atomic mass is 79.9. The van der Waals surface area contributed by atoms with Crippen LogP contribution in [0.2, 0.25) is 0 Å². The van der Waals surface area contributed by atoms with Gasteiger partial charge in [0.1, 0.15) is 0 Å². The molecule has 0 aliphatic heterocycles. The molecule has 1 amide bonds. The van der Waals surface area contributed by atoms with Crippen molar-refractivity contribution in [1.29, 1.82) is 0 Å². The molecule has 0 aliphatic rings. The number of halogens is 1. The predicted molar refractivity (Wildman–Crippen MR) is 50.9 cm³/mol. The minimum atomic E-state index is 0.179. The summed E-state index contributed by atoms with van der Waals surface area (Å²) in [5.74, 6) is 0.179. The summed E-state index contributed by atoms with van der Waals surface area (Å²) in [6.45, 7) is 2.88. The van der Waals surface area contributed by atoms with E-state index in [1.54, 1.807) is 0 Å². The van der Waals surface area contributed by atoms with Crippen LogP contribution in [-0.4, -0.2) is 17.8 Å². The molecule has 0 aromatic rings. The minimum absolute atomic E-state index is 0.179. The maximum atomic E-state index is 10.9. The third kappa shape index (κ3) is 7.85. The summed E-state index contributed by atoms with van der Waals surface area (Å²) in [6.07, 6.45) is 4.03. The summed E-state index contributed by atoms with van der Waals surface area (Å²) in [5, 5.41) is 3.65. The normalized spacial score (nSPS) is 9.64. The highest BCUT2D eigenvalue weighted by Crippen LogP contribution is 1.97. The van der Waals surface area contributed by atoms with Gasteiger partial charge in [0.05, 0.1) is 0 Å². The van der Waals surface area contributed by atoms with E-state index in [-0.39, 0.29) is 5.91 Å². The topological polar surface area (TPSA) is 29.1 Å². The molecule has 0 saturated heterocycles. The predicted octanol–water partition coefficient (Wildman–Crippen LogP) is 2.08. The molecule has 0 spiro atoms. The third-order valence-corrected chi connectivity index (χ3v) is 1.82. The highest BCUT2D eigenvalue weighted by Gasteiger charge is 1.97. The van der Waals surface area contributed by atoms with Crippen molar-refractivity contribution in [3.63, 3.8) is 0 Å². The van der Waals surface area contributed by atoms with Gasteiger partial charge in [0.15, 0.2) is 0 Å². The van der Waals surface area contributed by atoms with Gasteiger partial charge in [-0.1, -0.05) is 35.7 Å². The maximum absolute atomic E-state index is 10.9. The number of carbonyl (C=O) groups excluding carboxylic acids is 1. The number of hydrogen-bond acceptors (Lipinski definition) is 1. The molecule has 0 atom stereocenters. The average molecular weight is 222 g/mol. The van der Waals surface area contributed by atoms with Gasteiger partial charge in [0.25, 0.3) is 0 Å². The second-order valence-electron chi connectivity index (χ2n) is 2.50. The molecule has 0 aromatic carbocycles. The fourth-order valence-corrected chi connectivity index (χ4v) is 1.01. The maximum Gasteiger partial charge on any atom is 0.220 e. The lowest BCUT2D eigenvalue weighted by atomic mass is 10.2. The van der Waals surface area contributed by atoms with E-state index in [2.05, 4.69) is 28.2 Å². The number of nitrogens with one attached hydrogen (secondary N) is 1. The van der Waals surface area contributed by atoms with E-state index in [0.717, 1.165) is 24.7 Å². The number of hydrogen-bond donors (Lipinski definition) is 1. The van der Waals surface area contributed by atoms with Crippen LogP contribution in [0, 0.1) is 0 Å². The van der Waals surface area contributed by atoms with Crippen LogP contribution in [0.15, 0.2) is 0 Å². The first-order valence-corrected chi connectivity index (χ1v) is 5.26. The number of amides is 1. The van der Waals surface area contributed by atoms with Gasteiger partial charge < -0.3 is 5.32 Å². The quantitative estimate of drug-likeness (QED) is 0.541. The first kappa shape index (κ1) is 11.0. The van der Waals surface area contributed by atoms with Gasteiger partial charge in [-0.25, -0.2) is 0 Å². The van der Waals surface area contributed by atoms with Crippen molar-refractivity contribution >= 4 is 21.8 Å². The second kappa shape index (κ2) is 8.05. The summed E-state index contributed by atoms with van der Waals surface area (Å²) >= 11 is 3.24. The Bertz CT molecular complexity index is 106. The molecule has 2 nitrogen and oxygen atoms in total. The lowest BCUT2D eigenvalue weighted by Gasteiger charge is -2.01. The molecule has 0 aromatic heterocycles. The van der Waals surface area contributed by atoms with Crippen LogP contribution in [0.3, 0.4) is 0 Å². The Hall–Kier alpha value is -0.0500. The Morgan fingerprint density at radius 2 is 2.18 bits per heavy atom. The Labute approximate surface area is 76.9 Å². The average Bonchev–Trinajstić information content (AvgIpc) is 2.01. The van der Waals surface area contributed by atoms with Gasteiger partial charge in [0.2, 0.25) is 5.91 Å². The summed E-state index contributed by atoms with van der Waals surface area (Å²) in [7, 11) is 0. The van der Waals surface area contributed by atoms with E-state index in [1.165, 1.54) is 6.42 Å². The molecular formula is C8H16BrNO. The van der Waals surface area contributed by atoms with E-state index in [1.807, 2.05) is 0 Å². The van der Waals surface area contributed by atoms with Crippen molar-refractivity contribution in [3.05, 3.63) is 0 Å². The van der Waals surface area contributed by atoms with Crippen LogP contribution in [-0.2, 0) is 4.79 Å². The first-order chi connectivity index (χ1) is 5.31. The molecule has 66 valence electrons. The van der Waals surface area contributed by atoms with Crippen LogP contribution in [0.5, 0.6) is 0 Å². The van der Waals surface area contributed by atoms with Gasteiger partial charge in [-0.2, -0.15) is 0 Å². The van der Waals surface area contributed by atoms with E-state index in [9.17, 15) is 4.79 Å². The SMILES string of the molecule is CCCCCC(=O)NCCBr. The molecule has 0 heterocycles. The molecule has 3 heteroatoms. The Morgan fingerprint density at radius 3 is 2.73 bits per heavy atom. The molecule has 0 unspecified atom stereocenters. The van der Waals surface area contributed by atoms with Crippen LogP contribution >= 0.6 is 15.9 Å². The zero-order chi connectivity index (χ0) is 8.53. The summed E-state index contributed by atoms with van der Waals surface area (Å²) in [5.41, 5.74) is 0. The van der Waals surface area contributed by atoms with E-state index >= 15 is 0 Å². The smallest absolute Gasteiger partial charge is 0.220 e. The van der Waals surface area contributed by atoms with Gasteiger partial charge in [-0.15, -0.1) is 0 Å². The van der Waals surface area contributed by atoms with Crippen molar-refractivity contribution in [2.24, 2.45) is 0 Å². The number of carbonyl (C=O) groups is 1. The van der Waals surface area contributed by atoms with E-state index in [4.69, 9.17) is 0 Å². The Morgan fingerprint density at radius 1 is 1.45 bits per heavy atom. The molecular weight excluding hydrogens is 206 g/mol. The fraction of sp³-hybridized carbons (Fsp3) is 0.875. The minimum Gasteiger partial charge on any atom is -0.355 e. The first-order valence-electron chi connectivity index (χ1n) is 4.14.